The van der Waals surface area contributed by atoms with E-state index in [9.17, 15) is 37.4 Å². The number of hydrogen-bond acceptors (Lipinski definition) is 7. The number of aliphatic hydroxyl groups is 2. The minimum atomic E-state index is -3.74. The van der Waals surface area contributed by atoms with Gasteiger partial charge in [0.2, 0.25) is 0 Å². The molecule has 1 rings (SSSR count). The van der Waals surface area contributed by atoms with Crippen molar-refractivity contribution in [1.29, 1.82) is 0 Å². The van der Waals surface area contributed by atoms with Crippen LogP contribution in [0.15, 0.2) is 0 Å². The molecule has 1 saturated heterocycles. The molecule has 7 nitrogen and oxygen atoms in total. The number of rotatable bonds is 8. The second kappa shape index (κ2) is 9.16. The van der Waals surface area contributed by atoms with Crippen LogP contribution >= 0.6 is 0 Å². The van der Waals surface area contributed by atoms with E-state index in [0.29, 0.717) is 0 Å². The van der Waals surface area contributed by atoms with Crippen LogP contribution in [0, 0.1) is 17.8 Å². The lowest BCUT2D eigenvalue weighted by Gasteiger charge is -2.53. The van der Waals surface area contributed by atoms with E-state index in [1.54, 1.807) is 6.92 Å². The Morgan fingerprint density at radius 3 is 1.56 bits per heavy atom. The molecule has 4 atom stereocenters. The predicted octanol–water partition coefficient (Wildman–Crippen LogP) is 1.27. The summed E-state index contributed by atoms with van der Waals surface area (Å²) in [4.78, 5) is 24.7. The average molecular weight is 403 g/mol. The Balaban J connectivity index is 3.63. The van der Waals surface area contributed by atoms with E-state index in [1.165, 1.54) is 19.2 Å². The van der Waals surface area contributed by atoms with Crippen molar-refractivity contribution in [2.45, 2.75) is 57.9 Å². The first kappa shape index (κ1) is 23.6. The van der Waals surface area contributed by atoms with E-state index < -0.39 is 54.0 Å². The number of esters is 2. The topological polar surface area (TPSA) is 105 Å². The van der Waals surface area contributed by atoms with Crippen molar-refractivity contribution < 1.29 is 46.8 Å². The quantitative estimate of drug-likeness (QED) is 0.414. The Kier molecular flexibility index (Phi) is 8.00. The number of hydrogen-bond donors (Lipinski definition) is 3. The summed E-state index contributed by atoms with van der Waals surface area (Å²) in [6, 6.07) is 0. The van der Waals surface area contributed by atoms with Crippen molar-refractivity contribution in [2.75, 3.05) is 13.2 Å². The molecular formula is C16H25F4NO6. The Bertz CT molecular complexity index is 495. The Morgan fingerprint density at radius 2 is 1.30 bits per heavy atom. The lowest BCUT2D eigenvalue weighted by atomic mass is 9.65. The van der Waals surface area contributed by atoms with E-state index in [-0.39, 0.29) is 26.1 Å². The normalized spacial score (nSPS) is 34.0. The van der Waals surface area contributed by atoms with Gasteiger partial charge < -0.3 is 19.7 Å². The monoisotopic (exact) mass is 403 g/mol. The molecule has 1 fully saturated rings. The van der Waals surface area contributed by atoms with Gasteiger partial charge in [0, 0.05) is 0 Å². The third-order valence-corrected chi connectivity index (χ3v) is 4.57. The number of carbonyl (C=O) groups is 2. The summed E-state index contributed by atoms with van der Waals surface area (Å²) in [5.41, 5.74) is -7.06. The first-order valence-electron chi connectivity index (χ1n) is 8.64. The van der Waals surface area contributed by atoms with Crippen molar-refractivity contribution in [2.24, 2.45) is 17.8 Å². The van der Waals surface area contributed by atoms with Crippen LogP contribution in [-0.2, 0) is 19.1 Å². The lowest BCUT2D eigenvalue weighted by Crippen LogP contribution is -2.78. The van der Waals surface area contributed by atoms with E-state index in [1.807, 2.05) is 0 Å². The van der Waals surface area contributed by atoms with Crippen LogP contribution in [0.5, 0.6) is 0 Å². The molecule has 0 aliphatic carbocycles. The van der Waals surface area contributed by atoms with Crippen molar-refractivity contribution in [1.82, 2.24) is 5.32 Å². The zero-order chi connectivity index (χ0) is 21.0. The zero-order valence-electron chi connectivity index (χ0n) is 15.3. The third-order valence-electron chi connectivity index (χ3n) is 4.57. The summed E-state index contributed by atoms with van der Waals surface area (Å²) in [5.74, 6) is -8.32. The van der Waals surface area contributed by atoms with Gasteiger partial charge in [-0.25, -0.2) is 17.6 Å². The fourth-order valence-corrected chi connectivity index (χ4v) is 3.54. The van der Waals surface area contributed by atoms with Gasteiger partial charge in [-0.2, -0.15) is 0 Å². The molecule has 3 N–H and O–H groups in total. The number of halogens is 4. The molecule has 1 aliphatic rings. The van der Waals surface area contributed by atoms with Crippen LogP contribution in [-0.4, -0.2) is 59.7 Å². The van der Waals surface area contributed by atoms with Gasteiger partial charge in [-0.15, -0.1) is 0 Å². The average Bonchev–Trinajstić information content (AvgIpc) is 2.54. The molecule has 0 bridgehead atoms. The maximum absolute atomic E-state index is 13.7. The summed E-state index contributed by atoms with van der Waals surface area (Å²) in [7, 11) is 0. The van der Waals surface area contributed by atoms with Gasteiger partial charge in [-0.05, 0) is 26.2 Å². The van der Waals surface area contributed by atoms with Crippen LogP contribution in [0.25, 0.3) is 0 Å². The summed E-state index contributed by atoms with van der Waals surface area (Å²) in [5, 5.41) is 22.2. The molecule has 0 amide bonds. The van der Waals surface area contributed by atoms with Crippen LogP contribution in [0.1, 0.15) is 33.6 Å². The van der Waals surface area contributed by atoms with Crippen molar-refractivity contribution in [3.63, 3.8) is 0 Å². The van der Waals surface area contributed by atoms with E-state index in [4.69, 9.17) is 9.47 Å². The SMILES string of the molecule is CCCC1C(C(=O)OCC)C(O)(C(F)F)NC(O)(C(F)F)C1C(=O)OCC. The Morgan fingerprint density at radius 1 is 0.926 bits per heavy atom. The number of piperidine rings is 1. The molecule has 158 valence electrons. The zero-order valence-corrected chi connectivity index (χ0v) is 15.3. The highest BCUT2D eigenvalue weighted by Gasteiger charge is 2.69. The molecule has 0 aromatic carbocycles. The minimum absolute atomic E-state index is 0.190. The summed E-state index contributed by atoms with van der Waals surface area (Å²) in [6.45, 7) is 3.90. The van der Waals surface area contributed by atoms with Crippen LogP contribution in [0.3, 0.4) is 0 Å². The fraction of sp³-hybridized carbons (Fsp3) is 0.875. The largest absolute Gasteiger partial charge is 0.466 e. The molecule has 0 radical (unpaired) electrons. The third kappa shape index (κ3) is 4.35. The standard InChI is InChI=1S/C16H25F4NO6/c1-4-7-8-9(11(22)26-5-2)15(24,13(17)18)21-16(25,14(19)20)10(8)12(23)27-6-3/h8-10,13-14,21,24-25H,4-7H2,1-3H3. The molecular weight excluding hydrogens is 378 g/mol. The van der Waals surface area contributed by atoms with Gasteiger partial charge in [-0.3, -0.25) is 14.9 Å². The van der Waals surface area contributed by atoms with Gasteiger partial charge in [0.15, 0.2) is 11.4 Å². The highest BCUT2D eigenvalue weighted by Crippen LogP contribution is 2.48. The highest BCUT2D eigenvalue weighted by atomic mass is 19.3. The Labute approximate surface area is 154 Å². The maximum atomic E-state index is 13.7. The first-order chi connectivity index (χ1) is 12.5. The van der Waals surface area contributed by atoms with E-state index in [0.717, 1.165) is 0 Å². The molecule has 4 unspecified atom stereocenters. The van der Waals surface area contributed by atoms with Crippen molar-refractivity contribution >= 4 is 11.9 Å². The Hall–Kier alpha value is -1.46. The van der Waals surface area contributed by atoms with Crippen LogP contribution in [0.4, 0.5) is 17.6 Å². The summed E-state index contributed by atoms with van der Waals surface area (Å²) >= 11 is 0. The maximum Gasteiger partial charge on any atom is 0.313 e. The molecule has 11 heteroatoms. The van der Waals surface area contributed by atoms with E-state index in [2.05, 4.69) is 0 Å². The highest BCUT2D eigenvalue weighted by molar-refractivity contribution is 5.79. The minimum Gasteiger partial charge on any atom is -0.466 e. The van der Waals surface area contributed by atoms with Crippen LogP contribution in [0.2, 0.25) is 0 Å². The predicted molar refractivity (Wildman–Crippen MR) is 83.7 cm³/mol. The second-order valence-corrected chi connectivity index (χ2v) is 6.29. The van der Waals surface area contributed by atoms with Gasteiger partial charge in [0.25, 0.3) is 12.9 Å². The summed E-state index contributed by atoms with van der Waals surface area (Å²) < 4.78 is 64.1. The van der Waals surface area contributed by atoms with Crippen molar-refractivity contribution in [3.8, 4) is 0 Å². The molecule has 1 heterocycles. The van der Waals surface area contributed by atoms with Gasteiger partial charge in [0.1, 0.15) is 11.8 Å². The van der Waals surface area contributed by atoms with Gasteiger partial charge >= 0.3 is 11.9 Å². The fourth-order valence-electron chi connectivity index (χ4n) is 3.54. The molecule has 27 heavy (non-hydrogen) atoms. The number of ether oxygens (including phenoxy) is 2. The number of alkyl halides is 4. The second-order valence-electron chi connectivity index (χ2n) is 6.29. The van der Waals surface area contributed by atoms with E-state index >= 15 is 0 Å². The van der Waals surface area contributed by atoms with Gasteiger partial charge in [0.05, 0.1) is 13.2 Å². The summed E-state index contributed by atoms with van der Waals surface area (Å²) in [6.07, 6.45) is -7.48. The molecule has 0 aromatic rings. The number of nitrogens with one attached hydrogen (secondary N) is 1. The first-order valence-corrected chi connectivity index (χ1v) is 8.64. The molecule has 0 aromatic heterocycles. The van der Waals surface area contributed by atoms with Crippen molar-refractivity contribution in [3.05, 3.63) is 0 Å². The molecule has 0 spiro atoms. The number of carbonyl (C=O) groups excluding carboxylic acids is 2. The van der Waals surface area contributed by atoms with Crippen LogP contribution < -0.4 is 5.32 Å². The van der Waals surface area contributed by atoms with Gasteiger partial charge in [-0.1, -0.05) is 13.3 Å². The lowest BCUT2D eigenvalue weighted by molar-refractivity contribution is -0.288. The molecule has 0 saturated carbocycles. The smallest absolute Gasteiger partial charge is 0.313 e. The molecule has 1 aliphatic heterocycles.